The van der Waals surface area contributed by atoms with E-state index in [0.29, 0.717) is 25.3 Å². The average molecular weight is 273 g/mol. The van der Waals surface area contributed by atoms with Gasteiger partial charge in [-0.25, -0.2) is 4.98 Å². The highest BCUT2D eigenvalue weighted by molar-refractivity contribution is 5.92. The Balaban J connectivity index is 2.35. The molecule has 0 unspecified atom stereocenters. The van der Waals surface area contributed by atoms with Crippen molar-refractivity contribution in [1.82, 2.24) is 19.4 Å². The number of hydrogen-bond donors (Lipinski definition) is 1. The Bertz CT molecular complexity index is 589. The molecule has 2 aromatic heterocycles. The van der Waals surface area contributed by atoms with Crippen LogP contribution < -0.4 is 5.73 Å². The molecule has 0 saturated heterocycles. The predicted molar refractivity (Wildman–Crippen MR) is 76.5 cm³/mol. The number of nitrogens with zero attached hydrogens (tertiary/aromatic N) is 4. The van der Waals surface area contributed by atoms with Crippen LogP contribution in [-0.4, -0.2) is 38.4 Å². The van der Waals surface area contributed by atoms with Gasteiger partial charge < -0.3 is 15.2 Å². The Morgan fingerprint density at radius 1 is 1.30 bits per heavy atom. The molecule has 2 heterocycles. The van der Waals surface area contributed by atoms with Gasteiger partial charge in [0.1, 0.15) is 11.5 Å². The van der Waals surface area contributed by atoms with Crippen LogP contribution in [0.1, 0.15) is 30.2 Å². The predicted octanol–water partition coefficient (Wildman–Crippen LogP) is 1.21. The van der Waals surface area contributed by atoms with Crippen molar-refractivity contribution in [3.63, 3.8) is 0 Å². The van der Waals surface area contributed by atoms with Crippen LogP contribution in [0.4, 0.5) is 0 Å². The molecule has 1 amide bonds. The number of imidazole rings is 1. The van der Waals surface area contributed by atoms with Crippen molar-refractivity contribution in [1.29, 1.82) is 0 Å². The summed E-state index contributed by atoms with van der Waals surface area (Å²) in [6, 6.07) is 3.60. The van der Waals surface area contributed by atoms with Crippen molar-refractivity contribution in [2.75, 3.05) is 13.1 Å². The molecule has 2 rings (SSSR count). The van der Waals surface area contributed by atoms with E-state index in [1.165, 1.54) is 0 Å². The molecule has 6 nitrogen and oxygen atoms in total. The number of aromatic nitrogens is 3. The van der Waals surface area contributed by atoms with Gasteiger partial charge in [0.25, 0.3) is 5.91 Å². The molecular formula is C14H19N5O. The lowest BCUT2D eigenvalue weighted by atomic mass is 10.2. The van der Waals surface area contributed by atoms with Gasteiger partial charge in [0.15, 0.2) is 0 Å². The summed E-state index contributed by atoms with van der Waals surface area (Å²) in [6.45, 7) is 5.58. The summed E-state index contributed by atoms with van der Waals surface area (Å²) in [5.41, 5.74) is 6.92. The zero-order chi connectivity index (χ0) is 14.5. The summed E-state index contributed by atoms with van der Waals surface area (Å²) in [5.74, 6) is 0.684. The molecule has 0 aliphatic carbocycles. The summed E-state index contributed by atoms with van der Waals surface area (Å²) >= 11 is 0. The Labute approximate surface area is 118 Å². The maximum atomic E-state index is 12.3. The average Bonchev–Trinajstić information content (AvgIpc) is 2.97. The summed E-state index contributed by atoms with van der Waals surface area (Å²) in [5, 5.41) is 0. The molecule has 6 heteroatoms. The molecule has 0 saturated carbocycles. The number of rotatable bonds is 5. The molecule has 0 aliphatic heterocycles. The molecule has 0 aliphatic rings. The van der Waals surface area contributed by atoms with E-state index in [1.807, 2.05) is 30.7 Å². The van der Waals surface area contributed by atoms with E-state index < -0.39 is 0 Å². The summed E-state index contributed by atoms with van der Waals surface area (Å²) in [7, 11) is 0. The van der Waals surface area contributed by atoms with Crippen LogP contribution in [0.15, 0.2) is 30.7 Å². The minimum atomic E-state index is -0.0636. The molecule has 20 heavy (non-hydrogen) atoms. The second kappa shape index (κ2) is 6.29. The molecule has 2 N–H and O–H groups in total. The standard InChI is InChI=1S/C14H19N5O/c1-3-18(4-2)14(20)12-9-11(5-6-16-12)19-8-7-17-13(19)10-15/h5-9H,3-4,10,15H2,1-2H3. The van der Waals surface area contributed by atoms with Crippen LogP contribution in [0.2, 0.25) is 0 Å². The molecule has 0 atom stereocenters. The van der Waals surface area contributed by atoms with Crippen molar-refractivity contribution in [3.8, 4) is 5.69 Å². The normalized spacial score (nSPS) is 10.6. The Kier molecular flexibility index (Phi) is 4.47. The number of amides is 1. The van der Waals surface area contributed by atoms with E-state index in [2.05, 4.69) is 9.97 Å². The van der Waals surface area contributed by atoms with Crippen LogP contribution in [-0.2, 0) is 6.54 Å². The van der Waals surface area contributed by atoms with E-state index in [1.54, 1.807) is 23.4 Å². The zero-order valence-corrected chi connectivity index (χ0v) is 11.8. The van der Waals surface area contributed by atoms with Crippen molar-refractivity contribution < 1.29 is 4.79 Å². The third-order valence-corrected chi connectivity index (χ3v) is 3.19. The zero-order valence-electron chi connectivity index (χ0n) is 11.8. The van der Waals surface area contributed by atoms with Gasteiger partial charge in [-0.2, -0.15) is 0 Å². The third-order valence-electron chi connectivity index (χ3n) is 3.19. The van der Waals surface area contributed by atoms with Gasteiger partial charge in [-0.1, -0.05) is 0 Å². The van der Waals surface area contributed by atoms with Gasteiger partial charge in [0.2, 0.25) is 0 Å². The first-order chi connectivity index (χ1) is 9.71. The number of nitrogens with two attached hydrogens (primary N) is 1. The first-order valence-electron chi connectivity index (χ1n) is 6.69. The van der Waals surface area contributed by atoms with Gasteiger partial charge >= 0.3 is 0 Å². The van der Waals surface area contributed by atoms with Gasteiger partial charge in [-0.05, 0) is 26.0 Å². The van der Waals surface area contributed by atoms with Crippen LogP contribution in [0.25, 0.3) is 5.69 Å². The highest BCUT2D eigenvalue weighted by atomic mass is 16.2. The molecular weight excluding hydrogens is 254 g/mol. The number of carbonyl (C=O) groups is 1. The fraction of sp³-hybridized carbons (Fsp3) is 0.357. The monoisotopic (exact) mass is 273 g/mol. The molecule has 0 aromatic carbocycles. The molecule has 0 spiro atoms. The van der Waals surface area contributed by atoms with E-state index in [-0.39, 0.29) is 5.91 Å². The molecule has 106 valence electrons. The SMILES string of the molecule is CCN(CC)C(=O)c1cc(-n2ccnc2CN)ccn1. The summed E-state index contributed by atoms with van der Waals surface area (Å²) in [4.78, 5) is 22.4. The third kappa shape index (κ3) is 2.70. The Morgan fingerprint density at radius 3 is 2.70 bits per heavy atom. The first-order valence-corrected chi connectivity index (χ1v) is 6.69. The van der Waals surface area contributed by atoms with Gasteiger partial charge in [-0.3, -0.25) is 9.78 Å². The molecule has 0 radical (unpaired) electrons. The Morgan fingerprint density at radius 2 is 2.05 bits per heavy atom. The summed E-state index contributed by atoms with van der Waals surface area (Å²) < 4.78 is 1.86. The fourth-order valence-electron chi connectivity index (χ4n) is 2.08. The fourth-order valence-corrected chi connectivity index (χ4v) is 2.08. The van der Waals surface area contributed by atoms with E-state index in [0.717, 1.165) is 11.5 Å². The summed E-state index contributed by atoms with van der Waals surface area (Å²) in [6.07, 6.45) is 5.14. The van der Waals surface area contributed by atoms with Crippen LogP contribution in [0.3, 0.4) is 0 Å². The minimum absolute atomic E-state index is 0.0636. The van der Waals surface area contributed by atoms with Crippen LogP contribution >= 0.6 is 0 Å². The Hall–Kier alpha value is -2.21. The second-order valence-corrected chi connectivity index (χ2v) is 4.29. The minimum Gasteiger partial charge on any atom is -0.338 e. The number of carbonyl (C=O) groups excluding carboxylic acids is 1. The van der Waals surface area contributed by atoms with Crippen LogP contribution in [0.5, 0.6) is 0 Å². The van der Waals surface area contributed by atoms with E-state index in [9.17, 15) is 4.79 Å². The van der Waals surface area contributed by atoms with E-state index >= 15 is 0 Å². The molecule has 2 aromatic rings. The van der Waals surface area contributed by atoms with Gasteiger partial charge in [-0.15, -0.1) is 0 Å². The van der Waals surface area contributed by atoms with Gasteiger partial charge in [0.05, 0.1) is 12.2 Å². The lowest BCUT2D eigenvalue weighted by molar-refractivity contribution is 0.0767. The number of hydrogen-bond acceptors (Lipinski definition) is 4. The van der Waals surface area contributed by atoms with Crippen LogP contribution in [0, 0.1) is 0 Å². The number of pyridine rings is 1. The topological polar surface area (TPSA) is 77.0 Å². The highest BCUT2D eigenvalue weighted by Crippen LogP contribution is 2.12. The smallest absolute Gasteiger partial charge is 0.272 e. The van der Waals surface area contributed by atoms with Gasteiger partial charge in [0, 0.05) is 31.7 Å². The lowest BCUT2D eigenvalue weighted by Crippen LogP contribution is -2.31. The maximum Gasteiger partial charge on any atom is 0.272 e. The quantitative estimate of drug-likeness (QED) is 0.888. The highest BCUT2D eigenvalue weighted by Gasteiger charge is 2.15. The molecule has 0 fully saturated rings. The van der Waals surface area contributed by atoms with Crippen molar-refractivity contribution in [2.24, 2.45) is 5.73 Å². The van der Waals surface area contributed by atoms with Crippen molar-refractivity contribution in [2.45, 2.75) is 20.4 Å². The second-order valence-electron chi connectivity index (χ2n) is 4.29. The molecule has 0 bridgehead atoms. The van der Waals surface area contributed by atoms with Crippen molar-refractivity contribution in [3.05, 3.63) is 42.2 Å². The van der Waals surface area contributed by atoms with Crippen molar-refractivity contribution >= 4 is 5.91 Å². The lowest BCUT2D eigenvalue weighted by Gasteiger charge is -2.18. The largest absolute Gasteiger partial charge is 0.338 e. The van der Waals surface area contributed by atoms with E-state index in [4.69, 9.17) is 5.73 Å². The first kappa shape index (κ1) is 14.2. The maximum absolute atomic E-state index is 12.3.